The van der Waals surface area contributed by atoms with E-state index in [2.05, 4.69) is 15.3 Å². The summed E-state index contributed by atoms with van der Waals surface area (Å²) in [6.45, 7) is 2.86. The van der Waals surface area contributed by atoms with Crippen LogP contribution in [0.3, 0.4) is 0 Å². The van der Waals surface area contributed by atoms with Crippen molar-refractivity contribution in [2.24, 2.45) is 0 Å². The van der Waals surface area contributed by atoms with Crippen molar-refractivity contribution in [3.63, 3.8) is 0 Å². The molecule has 0 bridgehead atoms. The zero-order valence-electron chi connectivity index (χ0n) is 9.07. The number of anilines is 1. The number of carbonyl (C=O) groups is 1. The molecule has 0 spiro atoms. The Morgan fingerprint density at radius 1 is 1.62 bits per heavy atom. The third kappa shape index (κ3) is 4.93. The van der Waals surface area contributed by atoms with Crippen LogP contribution in [0.1, 0.15) is 19.8 Å². The van der Waals surface area contributed by atoms with Crippen molar-refractivity contribution in [3.8, 4) is 0 Å². The molecule has 0 amide bonds. The van der Waals surface area contributed by atoms with Gasteiger partial charge in [-0.1, -0.05) is 0 Å². The number of nitrogens with one attached hydrogen (secondary N) is 1. The molecule has 0 unspecified atom stereocenters. The van der Waals surface area contributed by atoms with Crippen LogP contribution in [-0.4, -0.2) is 29.1 Å². The molecule has 1 aromatic rings. The number of carbonyl (C=O) groups excluding carboxylic acids is 1. The van der Waals surface area contributed by atoms with E-state index in [4.69, 9.17) is 16.3 Å². The Hall–Kier alpha value is -1.36. The van der Waals surface area contributed by atoms with E-state index in [1.807, 2.05) is 0 Å². The van der Waals surface area contributed by atoms with E-state index in [-0.39, 0.29) is 11.3 Å². The van der Waals surface area contributed by atoms with Crippen LogP contribution in [0.5, 0.6) is 0 Å². The lowest BCUT2D eigenvalue weighted by Crippen LogP contribution is -2.08. The molecule has 0 atom stereocenters. The summed E-state index contributed by atoms with van der Waals surface area (Å²) >= 11 is 5.61. The van der Waals surface area contributed by atoms with E-state index >= 15 is 0 Å². The van der Waals surface area contributed by atoms with Gasteiger partial charge in [-0.25, -0.2) is 9.97 Å². The molecule has 1 heterocycles. The van der Waals surface area contributed by atoms with Crippen molar-refractivity contribution in [1.82, 2.24) is 9.97 Å². The van der Waals surface area contributed by atoms with Crippen LogP contribution >= 0.6 is 11.6 Å². The van der Waals surface area contributed by atoms with Crippen molar-refractivity contribution >= 4 is 23.4 Å². The van der Waals surface area contributed by atoms with Gasteiger partial charge in [0.15, 0.2) is 0 Å². The molecule has 0 saturated carbocycles. The summed E-state index contributed by atoms with van der Waals surface area (Å²) in [5, 5.41) is 3.24. The zero-order valence-corrected chi connectivity index (χ0v) is 9.83. The van der Waals surface area contributed by atoms with Crippen molar-refractivity contribution in [2.75, 3.05) is 18.5 Å². The van der Waals surface area contributed by atoms with Gasteiger partial charge < -0.3 is 10.1 Å². The Morgan fingerprint density at radius 2 is 2.44 bits per heavy atom. The second kappa shape index (κ2) is 7.00. The molecule has 0 radical (unpaired) electrons. The first-order chi connectivity index (χ1) is 7.72. The summed E-state index contributed by atoms with van der Waals surface area (Å²) in [4.78, 5) is 18.7. The molecule has 0 aliphatic rings. The Balaban J connectivity index is 2.18. The number of ether oxygens (including phenoxy) is 1. The van der Waals surface area contributed by atoms with E-state index in [0.29, 0.717) is 31.8 Å². The fourth-order valence-electron chi connectivity index (χ4n) is 1.12. The van der Waals surface area contributed by atoms with E-state index < -0.39 is 0 Å². The smallest absolute Gasteiger partial charge is 0.305 e. The monoisotopic (exact) mass is 243 g/mol. The number of aromatic nitrogens is 2. The van der Waals surface area contributed by atoms with Gasteiger partial charge in [0.1, 0.15) is 5.82 Å². The molecule has 5 nitrogen and oxygen atoms in total. The first-order valence-electron chi connectivity index (χ1n) is 5.10. The summed E-state index contributed by atoms with van der Waals surface area (Å²) in [7, 11) is 0. The first-order valence-corrected chi connectivity index (χ1v) is 5.48. The molecular weight excluding hydrogens is 230 g/mol. The normalized spacial score (nSPS) is 9.88. The summed E-state index contributed by atoms with van der Waals surface area (Å²) in [6, 6.07) is 1.72. The number of rotatable bonds is 6. The Bertz CT molecular complexity index is 347. The molecule has 16 heavy (non-hydrogen) atoms. The topological polar surface area (TPSA) is 64.1 Å². The average Bonchev–Trinajstić information content (AvgIpc) is 2.25. The maximum Gasteiger partial charge on any atom is 0.305 e. The van der Waals surface area contributed by atoms with Crippen LogP contribution in [0.15, 0.2) is 12.3 Å². The van der Waals surface area contributed by atoms with E-state index in [0.717, 1.165) is 0 Å². The molecule has 0 saturated heterocycles. The second-order valence-electron chi connectivity index (χ2n) is 3.05. The van der Waals surface area contributed by atoms with Crippen LogP contribution in [0.2, 0.25) is 5.28 Å². The van der Waals surface area contributed by atoms with Gasteiger partial charge in [0.25, 0.3) is 0 Å². The average molecular weight is 244 g/mol. The van der Waals surface area contributed by atoms with Gasteiger partial charge in [-0.05, 0) is 31.0 Å². The lowest BCUT2D eigenvalue weighted by atomic mass is 10.3. The van der Waals surface area contributed by atoms with Crippen LogP contribution < -0.4 is 5.32 Å². The minimum absolute atomic E-state index is 0.176. The summed E-state index contributed by atoms with van der Waals surface area (Å²) in [5.74, 6) is 0.480. The Morgan fingerprint density at radius 3 is 3.12 bits per heavy atom. The number of esters is 1. The molecule has 0 aromatic carbocycles. The molecule has 1 rings (SSSR count). The molecule has 6 heteroatoms. The molecule has 88 valence electrons. The number of hydrogen-bond acceptors (Lipinski definition) is 5. The fraction of sp³-hybridized carbons (Fsp3) is 0.500. The fourth-order valence-corrected chi connectivity index (χ4v) is 1.26. The second-order valence-corrected chi connectivity index (χ2v) is 3.38. The highest BCUT2D eigenvalue weighted by molar-refractivity contribution is 6.28. The number of nitrogens with zero attached hydrogens (tertiary/aromatic N) is 2. The van der Waals surface area contributed by atoms with Crippen molar-refractivity contribution < 1.29 is 9.53 Å². The third-order valence-corrected chi connectivity index (χ3v) is 1.98. The third-order valence-electron chi connectivity index (χ3n) is 1.80. The van der Waals surface area contributed by atoms with Crippen molar-refractivity contribution in [1.29, 1.82) is 0 Å². The highest BCUT2D eigenvalue weighted by Crippen LogP contribution is 2.05. The molecular formula is C10H14ClN3O2. The standard InChI is InChI=1S/C10H14ClN3O2/c1-2-16-9(15)4-3-6-12-8-5-7-13-10(11)14-8/h5,7H,2-4,6H2,1H3,(H,12,13,14). The minimum atomic E-state index is -0.176. The van der Waals surface area contributed by atoms with Crippen LogP contribution in [0.25, 0.3) is 0 Å². The van der Waals surface area contributed by atoms with Gasteiger partial charge in [-0.2, -0.15) is 0 Å². The lowest BCUT2D eigenvalue weighted by Gasteiger charge is -2.05. The van der Waals surface area contributed by atoms with Crippen LogP contribution in [0.4, 0.5) is 5.82 Å². The number of halogens is 1. The van der Waals surface area contributed by atoms with Gasteiger partial charge in [-0.3, -0.25) is 4.79 Å². The zero-order chi connectivity index (χ0) is 11.8. The summed E-state index contributed by atoms with van der Waals surface area (Å²) < 4.78 is 4.80. The molecule has 0 aliphatic heterocycles. The maximum absolute atomic E-state index is 11.0. The predicted molar refractivity (Wildman–Crippen MR) is 61.4 cm³/mol. The predicted octanol–water partition coefficient (Wildman–Crippen LogP) is 1.89. The minimum Gasteiger partial charge on any atom is -0.466 e. The van der Waals surface area contributed by atoms with Gasteiger partial charge in [0, 0.05) is 19.2 Å². The SMILES string of the molecule is CCOC(=O)CCCNc1ccnc(Cl)n1. The highest BCUT2D eigenvalue weighted by Gasteiger charge is 2.01. The number of hydrogen-bond donors (Lipinski definition) is 1. The van der Waals surface area contributed by atoms with Crippen molar-refractivity contribution in [3.05, 3.63) is 17.5 Å². The highest BCUT2D eigenvalue weighted by atomic mass is 35.5. The van der Waals surface area contributed by atoms with Gasteiger partial charge in [0.05, 0.1) is 6.61 Å². The van der Waals surface area contributed by atoms with E-state index in [9.17, 15) is 4.79 Å². The van der Waals surface area contributed by atoms with Gasteiger partial charge in [-0.15, -0.1) is 0 Å². The Labute approximate surface area is 99.2 Å². The maximum atomic E-state index is 11.0. The van der Waals surface area contributed by atoms with Gasteiger partial charge in [0.2, 0.25) is 5.28 Å². The molecule has 1 aromatic heterocycles. The summed E-state index contributed by atoms with van der Waals surface area (Å²) in [5.41, 5.74) is 0. The van der Waals surface area contributed by atoms with Gasteiger partial charge >= 0.3 is 5.97 Å². The molecule has 0 fully saturated rings. The Kier molecular flexibility index (Phi) is 5.56. The molecule has 0 aliphatic carbocycles. The molecule has 1 N–H and O–H groups in total. The summed E-state index contributed by atoms with van der Waals surface area (Å²) in [6.07, 6.45) is 2.67. The largest absolute Gasteiger partial charge is 0.466 e. The van der Waals surface area contributed by atoms with E-state index in [1.54, 1.807) is 19.2 Å². The van der Waals surface area contributed by atoms with E-state index in [1.165, 1.54) is 0 Å². The lowest BCUT2D eigenvalue weighted by molar-refractivity contribution is -0.143. The van der Waals surface area contributed by atoms with Crippen LogP contribution in [-0.2, 0) is 9.53 Å². The quantitative estimate of drug-likeness (QED) is 0.470. The van der Waals surface area contributed by atoms with Crippen molar-refractivity contribution in [2.45, 2.75) is 19.8 Å². The van der Waals surface area contributed by atoms with Crippen LogP contribution in [0, 0.1) is 0 Å². The first kappa shape index (κ1) is 12.7.